The van der Waals surface area contributed by atoms with Crippen LogP contribution in [0.5, 0.6) is 11.5 Å². The zero-order valence-electron chi connectivity index (χ0n) is 9.85. The predicted molar refractivity (Wildman–Crippen MR) is 70.6 cm³/mol. The van der Waals surface area contributed by atoms with Gasteiger partial charge in [-0.15, -0.1) is 0 Å². The zero-order valence-corrected chi connectivity index (χ0v) is 9.85. The highest BCUT2D eigenvalue weighted by atomic mass is 16.5. The second-order valence-electron chi connectivity index (χ2n) is 3.72. The van der Waals surface area contributed by atoms with Gasteiger partial charge in [-0.25, -0.2) is 4.79 Å². The Labute approximate surface area is 110 Å². The molecule has 0 saturated carbocycles. The van der Waals surface area contributed by atoms with E-state index in [-0.39, 0.29) is 0 Å². The van der Waals surface area contributed by atoms with E-state index in [2.05, 4.69) is 4.99 Å². The maximum atomic E-state index is 10.3. The van der Waals surface area contributed by atoms with Gasteiger partial charge in [-0.2, -0.15) is 4.99 Å². The molecule has 0 amide bonds. The van der Waals surface area contributed by atoms with Crippen LogP contribution in [-0.2, 0) is 4.79 Å². The summed E-state index contributed by atoms with van der Waals surface area (Å²) in [5, 5.41) is 18.0. The van der Waals surface area contributed by atoms with Crippen molar-refractivity contribution in [3.8, 4) is 11.5 Å². The molecule has 0 aliphatic rings. The second kappa shape index (κ2) is 5.97. The third kappa shape index (κ3) is 3.30. The molecule has 5 nitrogen and oxygen atoms in total. The van der Waals surface area contributed by atoms with E-state index < -0.39 is 7.12 Å². The molecule has 0 bridgehead atoms. The first kappa shape index (κ1) is 13.0. The zero-order chi connectivity index (χ0) is 13.7. The minimum Gasteiger partial charge on any atom is -0.455 e. The lowest BCUT2D eigenvalue weighted by molar-refractivity contribution is 0.425. The Morgan fingerprint density at radius 1 is 1.05 bits per heavy atom. The van der Waals surface area contributed by atoms with E-state index in [1.54, 1.807) is 36.4 Å². The van der Waals surface area contributed by atoms with Gasteiger partial charge in [0.1, 0.15) is 11.4 Å². The van der Waals surface area contributed by atoms with Crippen LogP contribution in [0.15, 0.2) is 53.5 Å². The van der Waals surface area contributed by atoms with Crippen LogP contribution in [0.3, 0.4) is 0 Å². The molecule has 0 unspecified atom stereocenters. The molecule has 0 radical (unpaired) electrons. The molecule has 0 aliphatic carbocycles. The number of nitrogens with zero attached hydrogens (tertiary/aromatic N) is 1. The molecule has 2 rings (SSSR count). The van der Waals surface area contributed by atoms with E-state index in [4.69, 9.17) is 14.8 Å². The number of hydrogen-bond donors (Lipinski definition) is 2. The third-order valence-electron chi connectivity index (χ3n) is 2.44. The Hall–Kier alpha value is -2.40. The molecule has 0 heterocycles. The molecular weight excluding hydrogens is 245 g/mol. The van der Waals surface area contributed by atoms with E-state index in [9.17, 15) is 4.79 Å². The van der Waals surface area contributed by atoms with Gasteiger partial charge in [0.15, 0.2) is 5.75 Å². The smallest absolute Gasteiger partial charge is 0.455 e. The molecule has 19 heavy (non-hydrogen) atoms. The van der Waals surface area contributed by atoms with Crippen molar-refractivity contribution in [3.05, 3.63) is 48.5 Å². The van der Waals surface area contributed by atoms with Crippen LogP contribution in [-0.4, -0.2) is 23.2 Å². The van der Waals surface area contributed by atoms with Gasteiger partial charge < -0.3 is 14.8 Å². The number of aliphatic imine (C=N–C) groups is 1. The molecule has 0 spiro atoms. The molecule has 0 aliphatic heterocycles. The molecule has 0 atom stereocenters. The van der Waals surface area contributed by atoms with Crippen molar-refractivity contribution in [2.45, 2.75) is 0 Å². The highest BCUT2D eigenvalue weighted by Crippen LogP contribution is 2.30. The lowest BCUT2D eigenvalue weighted by Crippen LogP contribution is -2.29. The summed E-state index contributed by atoms with van der Waals surface area (Å²) in [6, 6.07) is 13.0. The minimum absolute atomic E-state index is 0.367. The van der Waals surface area contributed by atoms with Crippen LogP contribution in [0, 0.1) is 0 Å². The van der Waals surface area contributed by atoms with Gasteiger partial charge in [-0.1, -0.05) is 24.3 Å². The normalized spacial score (nSPS) is 9.58. The summed E-state index contributed by atoms with van der Waals surface area (Å²) < 4.78 is 5.56. The Kier molecular flexibility index (Phi) is 4.10. The number of benzene rings is 2. The maximum Gasteiger partial charge on any atom is 0.488 e. The van der Waals surface area contributed by atoms with Crippen LogP contribution < -0.4 is 10.2 Å². The fourth-order valence-corrected chi connectivity index (χ4v) is 1.52. The highest BCUT2D eigenvalue weighted by Gasteiger charge is 2.10. The fourth-order valence-electron chi connectivity index (χ4n) is 1.52. The van der Waals surface area contributed by atoms with E-state index in [0.717, 1.165) is 0 Å². The van der Waals surface area contributed by atoms with Crippen LogP contribution in [0.1, 0.15) is 0 Å². The molecule has 2 aromatic carbocycles. The topological polar surface area (TPSA) is 79.1 Å². The number of ether oxygens (including phenoxy) is 1. The molecule has 2 N–H and O–H groups in total. The Bertz CT molecular complexity index is 606. The van der Waals surface area contributed by atoms with Gasteiger partial charge >= 0.3 is 7.12 Å². The molecular formula is C13H10BNO4. The van der Waals surface area contributed by atoms with Crippen molar-refractivity contribution >= 4 is 24.3 Å². The summed E-state index contributed by atoms with van der Waals surface area (Å²) in [7, 11) is -1.51. The summed E-state index contributed by atoms with van der Waals surface area (Å²) in [5.74, 6) is 0.918. The van der Waals surface area contributed by atoms with Gasteiger partial charge in [0.25, 0.3) is 0 Å². The monoisotopic (exact) mass is 255 g/mol. The highest BCUT2D eigenvalue weighted by molar-refractivity contribution is 6.58. The second-order valence-corrected chi connectivity index (χ2v) is 3.72. The van der Waals surface area contributed by atoms with Gasteiger partial charge in [-0.05, 0) is 29.7 Å². The Morgan fingerprint density at radius 3 is 2.37 bits per heavy atom. The summed E-state index contributed by atoms with van der Waals surface area (Å²) in [5.41, 5.74) is 0.746. The van der Waals surface area contributed by atoms with Crippen LogP contribution in [0.2, 0.25) is 0 Å². The van der Waals surface area contributed by atoms with Gasteiger partial charge in [0.2, 0.25) is 6.08 Å². The van der Waals surface area contributed by atoms with Crippen molar-refractivity contribution in [1.82, 2.24) is 0 Å². The first-order valence-corrected chi connectivity index (χ1v) is 5.51. The first-order valence-electron chi connectivity index (χ1n) is 5.51. The van der Waals surface area contributed by atoms with Crippen molar-refractivity contribution in [2.24, 2.45) is 4.99 Å². The number of para-hydroxylation sites is 2. The Balaban J connectivity index is 2.23. The van der Waals surface area contributed by atoms with E-state index in [1.165, 1.54) is 18.2 Å². The summed E-state index contributed by atoms with van der Waals surface area (Å²) >= 11 is 0. The number of hydrogen-bond acceptors (Lipinski definition) is 5. The summed E-state index contributed by atoms with van der Waals surface area (Å²) in [4.78, 5) is 13.8. The SMILES string of the molecule is O=C=Nc1ccccc1Oc1ccc(B(O)O)cc1. The van der Waals surface area contributed by atoms with Crippen molar-refractivity contribution < 1.29 is 19.6 Å². The molecule has 0 saturated heterocycles. The fraction of sp³-hybridized carbons (Fsp3) is 0. The lowest BCUT2D eigenvalue weighted by atomic mass is 9.80. The standard InChI is InChI=1S/C13H10BNO4/c16-9-15-12-3-1-2-4-13(12)19-11-7-5-10(6-8-11)14(17)18/h1-8,17-18H. The van der Waals surface area contributed by atoms with Gasteiger partial charge in [-0.3, -0.25) is 0 Å². The molecule has 0 fully saturated rings. The Morgan fingerprint density at radius 2 is 1.74 bits per heavy atom. The van der Waals surface area contributed by atoms with Crippen molar-refractivity contribution in [1.29, 1.82) is 0 Å². The number of rotatable bonds is 4. The van der Waals surface area contributed by atoms with Crippen LogP contribution >= 0.6 is 0 Å². The maximum absolute atomic E-state index is 10.3. The quantitative estimate of drug-likeness (QED) is 0.487. The first-order chi connectivity index (χ1) is 9.20. The van der Waals surface area contributed by atoms with E-state index in [0.29, 0.717) is 22.6 Å². The average Bonchev–Trinajstić information content (AvgIpc) is 2.42. The molecule has 2 aromatic rings. The molecule has 6 heteroatoms. The van der Waals surface area contributed by atoms with Crippen LogP contribution in [0.4, 0.5) is 5.69 Å². The summed E-state index contributed by atoms with van der Waals surface area (Å²) in [6.07, 6.45) is 1.46. The lowest BCUT2D eigenvalue weighted by Gasteiger charge is -2.08. The van der Waals surface area contributed by atoms with Crippen molar-refractivity contribution in [3.63, 3.8) is 0 Å². The van der Waals surface area contributed by atoms with Crippen molar-refractivity contribution in [2.75, 3.05) is 0 Å². The third-order valence-corrected chi connectivity index (χ3v) is 2.44. The molecule has 0 aromatic heterocycles. The predicted octanol–water partition coefficient (Wildman–Crippen LogP) is 1.13. The summed E-state index contributed by atoms with van der Waals surface area (Å²) in [6.45, 7) is 0. The van der Waals surface area contributed by atoms with E-state index >= 15 is 0 Å². The number of isocyanates is 1. The van der Waals surface area contributed by atoms with Gasteiger partial charge in [0, 0.05) is 0 Å². The molecule has 94 valence electrons. The van der Waals surface area contributed by atoms with E-state index in [1.807, 2.05) is 0 Å². The largest absolute Gasteiger partial charge is 0.488 e. The number of carbonyl (C=O) groups excluding carboxylic acids is 1. The van der Waals surface area contributed by atoms with Gasteiger partial charge in [0.05, 0.1) is 0 Å². The average molecular weight is 255 g/mol. The minimum atomic E-state index is -1.51. The van der Waals surface area contributed by atoms with Crippen LogP contribution in [0.25, 0.3) is 0 Å².